The van der Waals surface area contributed by atoms with Crippen molar-refractivity contribution in [2.24, 2.45) is 0 Å². The predicted octanol–water partition coefficient (Wildman–Crippen LogP) is 5.28. The summed E-state index contributed by atoms with van der Waals surface area (Å²) in [6.07, 6.45) is 0.676. The summed E-state index contributed by atoms with van der Waals surface area (Å²) in [5, 5.41) is 9.13. The number of hydrogen-bond donors (Lipinski definition) is 1. The minimum atomic E-state index is -1.01. The molecule has 1 unspecified atom stereocenters. The number of carboxylic acids is 1. The summed E-state index contributed by atoms with van der Waals surface area (Å²) in [4.78, 5) is 26.3. The van der Waals surface area contributed by atoms with Gasteiger partial charge in [-0.25, -0.2) is 9.18 Å². The molecule has 2 aromatic rings. The van der Waals surface area contributed by atoms with Crippen LogP contribution in [0.15, 0.2) is 36.4 Å². The Morgan fingerprint density at radius 3 is 2.56 bits per heavy atom. The molecule has 1 aliphatic rings. The van der Waals surface area contributed by atoms with E-state index >= 15 is 0 Å². The number of fused-ring (bicyclic) bond motifs is 1. The Balaban J connectivity index is 2.07. The third kappa shape index (κ3) is 3.44. The predicted molar refractivity (Wildman–Crippen MR) is 102 cm³/mol. The summed E-state index contributed by atoms with van der Waals surface area (Å²) in [5.74, 6) is -1.82. The van der Waals surface area contributed by atoms with Crippen molar-refractivity contribution in [3.05, 3.63) is 69.5 Å². The van der Waals surface area contributed by atoms with Crippen LogP contribution >= 0.6 is 11.6 Å². The van der Waals surface area contributed by atoms with E-state index in [1.165, 1.54) is 18.2 Å². The highest BCUT2D eigenvalue weighted by Gasteiger charge is 2.37. The Morgan fingerprint density at radius 2 is 1.93 bits per heavy atom. The van der Waals surface area contributed by atoms with E-state index < -0.39 is 11.8 Å². The number of carbonyl (C=O) groups is 2. The molecule has 0 fully saturated rings. The van der Waals surface area contributed by atoms with Crippen LogP contribution in [-0.2, 0) is 0 Å². The minimum Gasteiger partial charge on any atom is -0.478 e. The van der Waals surface area contributed by atoms with Crippen molar-refractivity contribution < 1.29 is 19.1 Å². The molecule has 1 aliphatic carbocycles. The smallest absolute Gasteiger partial charge is 0.335 e. The molecule has 4 nitrogen and oxygen atoms in total. The van der Waals surface area contributed by atoms with Gasteiger partial charge in [0, 0.05) is 6.04 Å². The van der Waals surface area contributed by atoms with Crippen LogP contribution < -0.4 is 0 Å². The van der Waals surface area contributed by atoms with E-state index in [1.54, 1.807) is 17.0 Å². The second kappa shape index (κ2) is 7.31. The lowest BCUT2D eigenvalue weighted by molar-refractivity contribution is 0.0601. The lowest BCUT2D eigenvalue weighted by Crippen LogP contribution is -2.39. The van der Waals surface area contributed by atoms with E-state index in [9.17, 15) is 19.1 Å². The molecule has 0 bridgehead atoms. The van der Waals surface area contributed by atoms with Crippen LogP contribution in [0.3, 0.4) is 0 Å². The van der Waals surface area contributed by atoms with E-state index in [2.05, 4.69) is 6.92 Å². The second-order valence-electron chi connectivity index (χ2n) is 7.21. The number of carbonyl (C=O) groups excluding carboxylic acids is 1. The van der Waals surface area contributed by atoms with E-state index in [0.29, 0.717) is 6.42 Å². The second-order valence-corrected chi connectivity index (χ2v) is 7.59. The van der Waals surface area contributed by atoms with E-state index in [1.807, 2.05) is 19.9 Å². The molecule has 6 heteroatoms. The van der Waals surface area contributed by atoms with E-state index in [0.717, 1.165) is 11.1 Å². The van der Waals surface area contributed by atoms with Crippen LogP contribution in [0.25, 0.3) is 0 Å². The van der Waals surface area contributed by atoms with Gasteiger partial charge in [0.05, 0.1) is 22.2 Å². The van der Waals surface area contributed by atoms with Crippen molar-refractivity contribution in [1.29, 1.82) is 0 Å². The molecule has 1 N–H and O–H groups in total. The summed E-state index contributed by atoms with van der Waals surface area (Å²) in [5.41, 5.74) is 2.17. The van der Waals surface area contributed by atoms with E-state index in [-0.39, 0.29) is 40.1 Å². The molecule has 1 amide bonds. The average Bonchev–Trinajstić information content (AvgIpc) is 2.93. The molecule has 27 heavy (non-hydrogen) atoms. The van der Waals surface area contributed by atoms with Crippen molar-refractivity contribution in [3.63, 3.8) is 0 Å². The number of halogens is 2. The lowest BCUT2D eigenvalue weighted by atomic mass is 10.0. The van der Waals surface area contributed by atoms with Gasteiger partial charge < -0.3 is 10.0 Å². The highest BCUT2D eigenvalue weighted by Crippen LogP contribution is 2.45. The van der Waals surface area contributed by atoms with Gasteiger partial charge >= 0.3 is 5.97 Å². The first-order chi connectivity index (χ1) is 12.7. The zero-order valence-corrected chi connectivity index (χ0v) is 16.1. The Hall–Kier alpha value is -2.40. The summed E-state index contributed by atoms with van der Waals surface area (Å²) < 4.78 is 13.9. The van der Waals surface area contributed by atoms with Crippen molar-refractivity contribution in [1.82, 2.24) is 4.90 Å². The number of hydrogen-bond acceptors (Lipinski definition) is 2. The molecule has 0 aliphatic heterocycles. The lowest BCUT2D eigenvalue weighted by Gasteiger charge is -2.34. The quantitative estimate of drug-likeness (QED) is 0.774. The molecular weight excluding hydrogens is 369 g/mol. The Kier molecular flexibility index (Phi) is 5.24. The maximum atomic E-state index is 13.9. The highest BCUT2D eigenvalue weighted by molar-refractivity contribution is 6.34. The van der Waals surface area contributed by atoms with Crippen molar-refractivity contribution >= 4 is 23.5 Å². The largest absolute Gasteiger partial charge is 0.478 e. The first kappa shape index (κ1) is 19.4. The van der Waals surface area contributed by atoms with Crippen LogP contribution in [0.5, 0.6) is 0 Å². The van der Waals surface area contributed by atoms with Crippen LogP contribution in [0, 0.1) is 5.82 Å². The van der Waals surface area contributed by atoms with Gasteiger partial charge in [-0.1, -0.05) is 30.7 Å². The first-order valence-corrected chi connectivity index (χ1v) is 9.24. The maximum Gasteiger partial charge on any atom is 0.335 e. The average molecular weight is 390 g/mol. The molecule has 0 saturated carbocycles. The fraction of sp³-hybridized carbons (Fsp3) is 0.333. The zero-order valence-electron chi connectivity index (χ0n) is 15.4. The molecular formula is C21H21ClFNO3. The molecule has 142 valence electrons. The van der Waals surface area contributed by atoms with Gasteiger partial charge in [0.15, 0.2) is 0 Å². The topological polar surface area (TPSA) is 57.6 Å². The van der Waals surface area contributed by atoms with Gasteiger partial charge in [-0.2, -0.15) is 0 Å². The molecule has 0 saturated heterocycles. The number of carboxylic acid groups (broad SMARTS) is 1. The summed E-state index contributed by atoms with van der Waals surface area (Å²) >= 11 is 6.04. The van der Waals surface area contributed by atoms with Gasteiger partial charge in [-0.15, -0.1) is 0 Å². The third-order valence-corrected chi connectivity index (χ3v) is 5.49. The fourth-order valence-corrected chi connectivity index (χ4v) is 4.05. The van der Waals surface area contributed by atoms with Gasteiger partial charge in [-0.05, 0) is 61.6 Å². The maximum absolute atomic E-state index is 13.9. The fourth-order valence-electron chi connectivity index (χ4n) is 3.84. The SMILES string of the molecule is CC1C[C@@H](N(C(=O)c2cccc(F)c2Cl)C(C)C)c2cc(C(=O)O)ccc21. The highest BCUT2D eigenvalue weighted by atomic mass is 35.5. The van der Waals surface area contributed by atoms with Crippen LogP contribution in [0.4, 0.5) is 4.39 Å². The van der Waals surface area contributed by atoms with Gasteiger partial charge in [0.2, 0.25) is 0 Å². The monoisotopic (exact) mass is 389 g/mol. The van der Waals surface area contributed by atoms with Gasteiger partial charge in [0.25, 0.3) is 5.91 Å². The number of aromatic carboxylic acids is 1. The molecule has 2 atom stereocenters. The number of amides is 1. The van der Waals surface area contributed by atoms with Crippen molar-refractivity contribution in [2.75, 3.05) is 0 Å². The summed E-state index contributed by atoms with van der Waals surface area (Å²) in [6, 6.07) is 8.77. The van der Waals surface area contributed by atoms with Crippen LogP contribution in [-0.4, -0.2) is 27.9 Å². The zero-order chi connectivity index (χ0) is 19.9. The Bertz CT molecular complexity index is 912. The summed E-state index contributed by atoms with van der Waals surface area (Å²) in [7, 11) is 0. The number of benzene rings is 2. The van der Waals surface area contributed by atoms with Gasteiger partial charge in [-0.3, -0.25) is 4.79 Å². The first-order valence-electron chi connectivity index (χ1n) is 8.86. The molecule has 2 aromatic carbocycles. The molecule has 0 heterocycles. The van der Waals surface area contributed by atoms with Crippen LogP contribution in [0.2, 0.25) is 5.02 Å². The van der Waals surface area contributed by atoms with Crippen molar-refractivity contribution in [2.45, 2.75) is 45.2 Å². The standard InChI is InChI=1S/C21H21ClFNO3/c1-11(2)24(20(25)15-5-4-6-17(23)19(15)22)18-9-12(3)14-8-7-13(21(26)27)10-16(14)18/h4-8,10-12,18H,9H2,1-3H3,(H,26,27)/t12?,18-/m1/s1. The number of rotatable bonds is 4. The minimum absolute atomic E-state index is 0.112. The van der Waals surface area contributed by atoms with E-state index in [4.69, 9.17) is 11.6 Å². The number of nitrogens with zero attached hydrogens (tertiary/aromatic N) is 1. The van der Waals surface area contributed by atoms with Crippen LogP contribution in [0.1, 0.15) is 71.0 Å². The Morgan fingerprint density at radius 1 is 1.22 bits per heavy atom. The summed E-state index contributed by atoms with van der Waals surface area (Å²) in [6.45, 7) is 5.82. The Labute approximate surface area is 162 Å². The molecule has 0 spiro atoms. The molecule has 0 aromatic heterocycles. The molecule has 3 rings (SSSR count). The van der Waals surface area contributed by atoms with Gasteiger partial charge in [0.1, 0.15) is 5.82 Å². The molecule has 0 radical (unpaired) electrons. The third-order valence-electron chi connectivity index (χ3n) is 5.11. The van der Waals surface area contributed by atoms with Crippen molar-refractivity contribution in [3.8, 4) is 0 Å². The normalized spacial score (nSPS) is 18.4.